The Morgan fingerprint density at radius 1 is 1.20 bits per heavy atom. The van der Waals surface area contributed by atoms with Crippen LogP contribution in [-0.4, -0.2) is 12.6 Å². The molecule has 0 N–H and O–H groups in total. The Balaban J connectivity index is 2.87. The first-order chi connectivity index (χ1) is 4.50. The molecule has 2 nitrogen and oxygen atoms in total. The molecule has 0 saturated heterocycles. The topological polar surface area (TPSA) is 34.1 Å². The van der Waals surface area contributed by atoms with Crippen LogP contribution in [0.4, 0.5) is 0 Å². The molecule has 1 unspecified atom stereocenters. The molecule has 0 heterocycles. The smallest absolute Gasteiger partial charge is 0.127 e. The number of carbonyl (C=O) groups is 2. The first-order valence-electron chi connectivity index (χ1n) is 3.42. The third kappa shape index (κ3) is 0.542. The van der Waals surface area contributed by atoms with Crippen LogP contribution in [0.2, 0.25) is 0 Å². The van der Waals surface area contributed by atoms with E-state index in [1.54, 1.807) is 0 Å². The Hall–Kier alpha value is -0.660. The zero-order valence-corrected chi connectivity index (χ0v) is 6.55. The van der Waals surface area contributed by atoms with Crippen molar-refractivity contribution in [2.75, 3.05) is 0 Å². The molecule has 1 rings (SSSR count). The highest BCUT2D eigenvalue weighted by atomic mass is 16.1. The first-order valence-corrected chi connectivity index (χ1v) is 3.42. The fourth-order valence-corrected chi connectivity index (χ4v) is 1.60. The minimum atomic E-state index is -0.394. The second-order valence-corrected chi connectivity index (χ2v) is 3.74. The zero-order chi connectivity index (χ0) is 7.99. The summed E-state index contributed by atoms with van der Waals surface area (Å²) in [7, 11) is 0. The van der Waals surface area contributed by atoms with E-state index in [0.29, 0.717) is 0 Å². The van der Waals surface area contributed by atoms with Gasteiger partial charge in [0.15, 0.2) is 0 Å². The average molecular weight is 140 g/mol. The van der Waals surface area contributed by atoms with Crippen LogP contribution < -0.4 is 0 Å². The molecule has 0 spiro atoms. The normalized spacial score (nSPS) is 42.5. The van der Waals surface area contributed by atoms with Gasteiger partial charge in [0.2, 0.25) is 0 Å². The maximum absolute atomic E-state index is 10.5. The van der Waals surface area contributed by atoms with Gasteiger partial charge in [-0.2, -0.15) is 0 Å². The molecule has 10 heavy (non-hydrogen) atoms. The average Bonchev–Trinajstić information content (AvgIpc) is 2.29. The number of aldehydes is 2. The molecule has 56 valence electrons. The maximum atomic E-state index is 10.5. The van der Waals surface area contributed by atoms with Gasteiger partial charge >= 0.3 is 0 Å². The molecule has 0 bridgehead atoms. The van der Waals surface area contributed by atoms with Gasteiger partial charge in [0, 0.05) is 11.3 Å². The summed E-state index contributed by atoms with van der Waals surface area (Å²) < 4.78 is 0. The summed E-state index contributed by atoms with van der Waals surface area (Å²) in [6, 6.07) is 0. The predicted molar refractivity (Wildman–Crippen MR) is 37.5 cm³/mol. The SMILES string of the molecule is CC1(C)C(C=O)[C@@]1(C)C=O. The van der Waals surface area contributed by atoms with Crippen molar-refractivity contribution >= 4 is 12.6 Å². The summed E-state index contributed by atoms with van der Waals surface area (Å²) in [5.41, 5.74) is -0.509. The largest absolute Gasteiger partial charge is 0.303 e. The van der Waals surface area contributed by atoms with Crippen molar-refractivity contribution in [1.82, 2.24) is 0 Å². The van der Waals surface area contributed by atoms with Gasteiger partial charge in [-0.3, -0.25) is 0 Å². The molecular formula is C8H12O2. The third-order valence-corrected chi connectivity index (χ3v) is 3.11. The molecular weight excluding hydrogens is 128 g/mol. The molecule has 0 aromatic heterocycles. The fraction of sp³-hybridized carbons (Fsp3) is 0.750. The van der Waals surface area contributed by atoms with Crippen LogP contribution in [0.25, 0.3) is 0 Å². The Morgan fingerprint density at radius 3 is 1.80 bits per heavy atom. The van der Waals surface area contributed by atoms with Crippen LogP contribution in [-0.2, 0) is 9.59 Å². The molecule has 1 saturated carbocycles. The van der Waals surface area contributed by atoms with Crippen molar-refractivity contribution in [2.24, 2.45) is 16.7 Å². The lowest BCUT2D eigenvalue weighted by Gasteiger charge is -2.02. The highest BCUT2D eigenvalue weighted by molar-refractivity contribution is 5.78. The highest BCUT2D eigenvalue weighted by Gasteiger charge is 2.68. The molecule has 2 atom stereocenters. The molecule has 0 radical (unpaired) electrons. The van der Waals surface area contributed by atoms with E-state index in [1.165, 1.54) is 0 Å². The standard InChI is InChI=1S/C8H12O2/c1-7(2)6(4-9)8(7,3)5-10/h4-6H,1-3H3/t6?,8-/m1/s1. The van der Waals surface area contributed by atoms with Crippen LogP contribution in [0.1, 0.15) is 20.8 Å². The van der Waals surface area contributed by atoms with E-state index in [2.05, 4.69) is 0 Å². The quantitative estimate of drug-likeness (QED) is 0.537. The van der Waals surface area contributed by atoms with E-state index in [-0.39, 0.29) is 11.3 Å². The lowest BCUT2D eigenvalue weighted by Crippen LogP contribution is -2.04. The van der Waals surface area contributed by atoms with E-state index in [0.717, 1.165) is 12.6 Å². The molecule has 1 aliphatic carbocycles. The summed E-state index contributed by atoms with van der Waals surface area (Å²) in [4.78, 5) is 20.9. The van der Waals surface area contributed by atoms with Crippen LogP contribution in [0.5, 0.6) is 0 Å². The van der Waals surface area contributed by atoms with Crippen molar-refractivity contribution in [2.45, 2.75) is 20.8 Å². The molecule has 0 aliphatic heterocycles. The Morgan fingerprint density at radius 2 is 1.70 bits per heavy atom. The number of hydrogen-bond acceptors (Lipinski definition) is 2. The van der Waals surface area contributed by atoms with Gasteiger partial charge in [-0.1, -0.05) is 20.8 Å². The molecule has 2 heteroatoms. The van der Waals surface area contributed by atoms with E-state index < -0.39 is 5.41 Å². The van der Waals surface area contributed by atoms with Gasteiger partial charge in [0.05, 0.1) is 0 Å². The number of rotatable bonds is 2. The Labute approximate surface area is 60.6 Å². The maximum Gasteiger partial charge on any atom is 0.127 e. The molecule has 0 aromatic rings. The lowest BCUT2D eigenvalue weighted by molar-refractivity contribution is -0.115. The minimum absolute atomic E-state index is 0.0718. The van der Waals surface area contributed by atoms with Gasteiger partial charge in [-0.15, -0.1) is 0 Å². The molecule has 0 amide bonds. The van der Waals surface area contributed by atoms with Crippen LogP contribution in [0.15, 0.2) is 0 Å². The number of hydrogen-bond donors (Lipinski definition) is 0. The van der Waals surface area contributed by atoms with Crippen molar-refractivity contribution in [3.63, 3.8) is 0 Å². The van der Waals surface area contributed by atoms with Crippen molar-refractivity contribution in [3.05, 3.63) is 0 Å². The summed E-state index contributed by atoms with van der Waals surface area (Å²) in [5, 5.41) is 0. The van der Waals surface area contributed by atoms with E-state index in [9.17, 15) is 9.59 Å². The Kier molecular flexibility index (Phi) is 1.25. The van der Waals surface area contributed by atoms with E-state index in [4.69, 9.17) is 0 Å². The van der Waals surface area contributed by atoms with E-state index in [1.807, 2.05) is 20.8 Å². The summed E-state index contributed by atoms with van der Waals surface area (Å²) >= 11 is 0. The third-order valence-electron chi connectivity index (χ3n) is 3.11. The van der Waals surface area contributed by atoms with Gasteiger partial charge in [-0.05, 0) is 5.41 Å². The Bertz CT molecular complexity index is 184. The van der Waals surface area contributed by atoms with Gasteiger partial charge in [0.1, 0.15) is 12.6 Å². The highest BCUT2D eigenvalue weighted by Crippen LogP contribution is 2.66. The van der Waals surface area contributed by atoms with Gasteiger partial charge in [-0.25, -0.2) is 0 Å². The molecule has 0 aromatic carbocycles. The zero-order valence-electron chi connectivity index (χ0n) is 6.55. The lowest BCUT2D eigenvalue weighted by atomic mass is 10.0. The van der Waals surface area contributed by atoms with Gasteiger partial charge in [0.25, 0.3) is 0 Å². The monoisotopic (exact) mass is 140 g/mol. The second-order valence-electron chi connectivity index (χ2n) is 3.74. The van der Waals surface area contributed by atoms with Gasteiger partial charge < -0.3 is 9.59 Å². The van der Waals surface area contributed by atoms with Crippen molar-refractivity contribution < 1.29 is 9.59 Å². The first kappa shape index (κ1) is 7.45. The number of carbonyl (C=O) groups excluding carboxylic acids is 2. The second kappa shape index (κ2) is 1.68. The van der Waals surface area contributed by atoms with Crippen molar-refractivity contribution in [3.8, 4) is 0 Å². The van der Waals surface area contributed by atoms with Crippen LogP contribution in [0.3, 0.4) is 0 Å². The molecule has 1 fully saturated rings. The van der Waals surface area contributed by atoms with E-state index >= 15 is 0 Å². The van der Waals surface area contributed by atoms with Crippen molar-refractivity contribution in [1.29, 1.82) is 0 Å². The van der Waals surface area contributed by atoms with Crippen LogP contribution >= 0.6 is 0 Å². The summed E-state index contributed by atoms with van der Waals surface area (Å²) in [6.07, 6.45) is 1.78. The van der Waals surface area contributed by atoms with Crippen LogP contribution in [0, 0.1) is 16.7 Å². The molecule has 1 aliphatic rings. The summed E-state index contributed by atoms with van der Waals surface area (Å²) in [5.74, 6) is -0.0718. The minimum Gasteiger partial charge on any atom is -0.303 e. The fourth-order valence-electron chi connectivity index (χ4n) is 1.60. The summed E-state index contributed by atoms with van der Waals surface area (Å²) in [6.45, 7) is 5.72. The predicted octanol–water partition coefficient (Wildman–Crippen LogP) is 1.05.